The highest BCUT2D eigenvalue weighted by Gasteiger charge is 2.29. The first-order valence-corrected chi connectivity index (χ1v) is 5.50. The molecule has 16 heavy (non-hydrogen) atoms. The highest BCUT2D eigenvalue weighted by atomic mass is 32.1. The van der Waals surface area contributed by atoms with E-state index in [1.165, 1.54) is 28.8 Å². The summed E-state index contributed by atoms with van der Waals surface area (Å²) in [4.78, 5) is 13.4. The zero-order valence-corrected chi connectivity index (χ0v) is 8.90. The third-order valence-electron chi connectivity index (χ3n) is 2.43. The molecule has 1 N–H and O–H groups in total. The largest absolute Gasteiger partial charge is 0.470 e. The molecule has 5 heteroatoms. The SMILES string of the molecule is O=C(O)N1C2=COC=CC2=Cc2sccc21. The summed E-state index contributed by atoms with van der Waals surface area (Å²) < 4.78 is 5.03. The van der Waals surface area contributed by atoms with Crippen molar-refractivity contribution in [1.82, 2.24) is 0 Å². The Morgan fingerprint density at radius 2 is 2.38 bits per heavy atom. The number of hydrogen-bond acceptors (Lipinski definition) is 3. The second kappa shape index (κ2) is 3.24. The van der Waals surface area contributed by atoms with E-state index in [0.717, 1.165) is 10.5 Å². The fraction of sp³-hybridized carbons (Fsp3) is 0. The van der Waals surface area contributed by atoms with Crippen molar-refractivity contribution in [1.29, 1.82) is 0 Å². The van der Waals surface area contributed by atoms with Gasteiger partial charge in [-0.25, -0.2) is 9.69 Å². The molecule has 1 amide bonds. The van der Waals surface area contributed by atoms with E-state index in [1.807, 2.05) is 11.5 Å². The summed E-state index contributed by atoms with van der Waals surface area (Å²) in [7, 11) is 0. The Morgan fingerprint density at radius 3 is 3.19 bits per heavy atom. The van der Waals surface area contributed by atoms with Crippen LogP contribution in [0.5, 0.6) is 0 Å². The minimum absolute atomic E-state index is 0.556. The zero-order chi connectivity index (χ0) is 11.1. The smallest absolute Gasteiger partial charge is 0.416 e. The van der Waals surface area contributed by atoms with Crippen LogP contribution < -0.4 is 4.90 Å². The van der Waals surface area contributed by atoms with Crippen molar-refractivity contribution in [3.8, 4) is 0 Å². The van der Waals surface area contributed by atoms with Crippen LogP contribution in [0.2, 0.25) is 0 Å². The first-order chi connectivity index (χ1) is 7.77. The van der Waals surface area contributed by atoms with Gasteiger partial charge in [-0.2, -0.15) is 0 Å². The predicted molar refractivity (Wildman–Crippen MR) is 61.1 cm³/mol. The van der Waals surface area contributed by atoms with Crippen LogP contribution in [0.15, 0.2) is 41.3 Å². The molecule has 80 valence electrons. The van der Waals surface area contributed by atoms with Crippen molar-refractivity contribution in [2.24, 2.45) is 0 Å². The Labute approximate surface area is 95.4 Å². The lowest BCUT2D eigenvalue weighted by molar-refractivity contribution is 0.203. The minimum atomic E-state index is -1.00. The minimum Gasteiger partial charge on any atom is -0.470 e. The summed E-state index contributed by atoms with van der Waals surface area (Å²) >= 11 is 1.52. The third kappa shape index (κ3) is 1.18. The van der Waals surface area contributed by atoms with Crippen molar-refractivity contribution in [2.45, 2.75) is 0 Å². The van der Waals surface area contributed by atoms with Gasteiger partial charge in [-0.05, 0) is 23.6 Å². The maximum Gasteiger partial charge on any atom is 0.416 e. The van der Waals surface area contributed by atoms with Crippen LogP contribution in [0.25, 0.3) is 6.08 Å². The Kier molecular flexibility index (Phi) is 1.87. The number of thiophene rings is 1. The van der Waals surface area contributed by atoms with Crippen molar-refractivity contribution in [2.75, 3.05) is 4.90 Å². The lowest BCUT2D eigenvalue weighted by atomic mass is 10.1. The van der Waals surface area contributed by atoms with Crippen LogP contribution in [0.3, 0.4) is 0 Å². The highest BCUT2D eigenvalue weighted by Crippen LogP contribution is 2.39. The fourth-order valence-corrected chi connectivity index (χ4v) is 2.58. The molecule has 2 aliphatic heterocycles. The molecule has 4 nitrogen and oxygen atoms in total. The molecule has 0 fully saturated rings. The van der Waals surface area contributed by atoms with E-state index in [1.54, 1.807) is 12.1 Å². The molecule has 3 rings (SSSR count). The molecule has 0 saturated carbocycles. The summed E-state index contributed by atoms with van der Waals surface area (Å²) in [5.41, 5.74) is 2.09. The molecule has 2 aliphatic rings. The lowest BCUT2D eigenvalue weighted by Crippen LogP contribution is -2.31. The molecule has 0 aromatic carbocycles. The number of ether oxygens (including phenoxy) is 1. The number of rotatable bonds is 0. The Bertz CT molecular complexity index is 553. The normalized spacial score (nSPS) is 16.9. The molecule has 0 unspecified atom stereocenters. The van der Waals surface area contributed by atoms with Crippen molar-refractivity contribution in [3.05, 3.63) is 46.2 Å². The van der Waals surface area contributed by atoms with Gasteiger partial charge in [0.2, 0.25) is 0 Å². The second-order valence-electron chi connectivity index (χ2n) is 3.33. The number of nitrogens with zero attached hydrogens (tertiary/aromatic N) is 1. The van der Waals surface area contributed by atoms with Gasteiger partial charge in [0.1, 0.15) is 6.26 Å². The topological polar surface area (TPSA) is 49.8 Å². The first kappa shape index (κ1) is 9.23. The molecular formula is C11H7NO3S. The van der Waals surface area contributed by atoms with E-state index in [0.29, 0.717) is 11.4 Å². The van der Waals surface area contributed by atoms with E-state index < -0.39 is 6.09 Å². The van der Waals surface area contributed by atoms with Gasteiger partial charge in [0.25, 0.3) is 0 Å². The van der Waals surface area contributed by atoms with E-state index in [4.69, 9.17) is 4.74 Å². The highest BCUT2D eigenvalue weighted by molar-refractivity contribution is 7.11. The number of amides is 1. The molecule has 3 heterocycles. The van der Waals surface area contributed by atoms with E-state index >= 15 is 0 Å². The molecule has 0 aliphatic carbocycles. The molecule has 1 aromatic rings. The van der Waals surface area contributed by atoms with Crippen LogP contribution in [0, 0.1) is 0 Å². The standard InChI is InChI=1S/C11H7NO3S/c13-11(14)12-8-2-4-16-10(8)5-7-1-3-15-6-9(7)12/h1-6H,(H,13,14). The average molecular weight is 233 g/mol. The Morgan fingerprint density at radius 1 is 1.50 bits per heavy atom. The number of allylic oxidation sites excluding steroid dienone is 1. The second-order valence-corrected chi connectivity index (χ2v) is 4.28. The number of hydrogen-bond donors (Lipinski definition) is 1. The Balaban J connectivity index is 2.22. The van der Waals surface area contributed by atoms with E-state index in [2.05, 4.69) is 0 Å². The van der Waals surface area contributed by atoms with Gasteiger partial charge in [0.15, 0.2) is 0 Å². The summed E-state index contributed by atoms with van der Waals surface area (Å²) in [5.74, 6) is 0. The van der Waals surface area contributed by atoms with E-state index in [9.17, 15) is 9.90 Å². The number of carboxylic acid groups (broad SMARTS) is 1. The first-order valence-electron chi connectivity index (χ1n) is 4.62. The fourth-order valence-electron chi connectivity index (χ4n) is 1.76. The summed E-state index contributed by atoms with van der Waals surface area (Å²) in [6, 6.07) is 1.79. The van der Waals surface area contributed by atoms with Crippen LogP contribution in [0.1, 0.15) is 4.88 Å². The maximum atomic E-state index is 11.3. The van der Waals surface area contributed by atoms with Gasteiger partial charge in [0.05, 0.1) is 22.5 Å². The summed E-state index contributed by atoms with van der Waals surface area (Å²) in [5, 5.41) is 11.1. The summed E-state index contributed by atoms with van der Waals surface area (Å²) in [6.07, 6.45) is 5.70. The lowest BCUT2D eigenvalue weighted by Gasteiger charge is -2.27. The molecular weight excluding hydrogens is 226 g/mol. The van der Waals surface area contributed by atoms with Gasteiger partial charge in [-0.15, -0.1) is 11.3 Å². The summed E-state index contributed by atoms with van der Waals surface area (Å²) in [6.45, 7) is 0. The van der Waals surface area contributed by atoms with Gasteiger partial charge < -0.3 is 9.84 Å². The Hall–Kier alpha value is -2.01. The predicted octanol–water partition coefficient (Wildman–Crippen LogP) is 3.01. The van der Waals surface area contributed by atoms with E-state index in [-0.39, 0.29) is 0 Å². The van der Waals surface area contributed by atoms with Gasteiger partial charge in [-0.3, -0.25) is 0 Å². The van der Waals surface area contributed by atoms with Gasteiger partial charge in [0, 0.05) is 5.57 Å². The molecule has 0 spiro atoms. The molecule has 0 atom stereocenters. The molecule has 0 bridgehead atoms. The van der Waals surface area contributed by atoms with Crippen molar-refractivity contribution < 1.29 is 14.6 Å². The van der Waals surface area contributed by atoms with Crippen LogP contribution >= 0.6 is 11.3 Å². The molecule has 0 radical (unpaired) electrons. The number of anilines is 1. The maximum absolute atomic E-state index is 11.3. The van der Waals surface area contributed by atoms with Crippen LogP contribution in [0.4, 0.5) is 10.5 Å². The monoisotopic (exact) mass is 233 g/mol. The van der Waals surface area contributed by atoms with Crippen LogP contribution in [-0.2, 0) is 4.74 Å². The molecule has 1 aromatic heterocycles. The quantitative estimate of drug-likeness (QED) is 0.749. The van der Waals surface area contributed by atoms with Crippen LogP contribution in [-0.4, -0.2) is 11.2 Å². The van der Waals surface area contributed by atoms with Crippen molar-refractivity contribution in [3.63, 3.8) is 0 Å². The molecule has 0 saturated heterocycles. The van der Waals surface area contributed by atoms with Gasteiger partial charge >= 0.3 is 6.09 Å². The van der Waals surface area contributed by atoms with Crippen molar-refractivity contribution >= 4 is 29.2 Å². The van der Waals surface area contributed by atoms with Gasteiger partial charge in [-0.1, -0.05) is 0 Å². The third-order valence-corrected chi connectivity index (χ3v) is 3.29. The average Bonchev–Trinajstić information content (AvgIpc) is 2.72. The zero-order valence-electron chi connectivity index (χ0n) is 8.08. The number of carbonyl (C=O) groups is 1. The number of fused-ring (bicyclic) bond motifs is 2.